The zero-order valence-corrected chi connectivity index (χ0v) is 13.3. The topological polar surface area (TPSA) is 66.4 Å². The Kier molecular flexibility index (Phi) is 4.76. The molecule has 0 fully saturated rings. The molecular formula is C14H23NO3S. The van der Waals surface area contributed by atoms with Crippen molar-refractivity contribution in [1.82, 2.24) is 4.72 Å². The Hall–Kier alpha value is -0.910. The SMILES string of the molecule is Cc1c(C)c(C)c(S(=O)(=O)NC[C@@H](C)O)c(C)c1C. The number of hydrogen-bond acceptors (Lipinski definition) is 3. The van der Waals surface area contributed by atoms with Crippen LogP contribution < -0.4 is 4.72 Å². The molecule has 1 aromatic rings. The molecule has 0 radical (unpaired) electrons. The highest BCUT2D eigenvalue weighted by atomic mass is 32.2. The predicted molar refractivity (Wildman–Crippen MR) is 77.0 cm³/mol. The van der Waals surface area contributed by atoms with Gasteiger partial charge >= 0.3 is 0 Å². The van der Waals surface area contributed by atoms with Crippen LogP contribution in [0, 0.1) is 34.6 Å². The van der Waals surface area contributed by atoms with Gasteiger partial charge in [-0.1, -0.05) is 0 Å². The first kappa shape index (κ1) is 16.1. The maximum Gasteiger partial charge on any atom is 0.241 e. The van der Waals surface area contributed by atoms with Crippen molar-refractivity contribution in [3.05, 3.63) is 27.8 Å². The fraction of sp³-hybridized carbons (Fsp3) is 0.571. The van der Waals surface area contributed by atoms with Gasteiger partial charge in [0.15, 0.2) is 0 Å². The Labute approximate surface area is 115 Å². The van der Waals surface area contributed by atoms with E-state index < -0.39 is 16.1 Å². The van der Waals surface area contributed by atoms with E-state index in [0.717, 1.165) is 27.8 Å². The summed E-state index contributed by atoms with van der Waals surface area (Å²) in [6.45, 7) is 11.1. The van der Waals surface area contributed by atoms with E-state index in [9.17, 15) is 13.5 Å². The molecule has 1 atom stereocenters. The van der Waals surface area contributed by atoms with Crippen LogP contribution in [0.2, 0.25) is 0 Å². The lowest BCUT2D eigenvalue weighted by Gasteiger charge is -2.19. The summed E-state index contributed by atoms with van der Waals surface area (Å²) >= 11 is 0. The van der Waals surface area contributed by atoms with E-state index >= 15 is 0 Å². The number of hydrogen-bond donors (Lipinski definition) is 2. The second-order valence-corrected chi connectivity index (χ2v) is 6.86. The molecule has 19 heavy (non-hydrogen) atoms. The molecule has 5 heteroatoms. The lowest BCUT2D eigenvalue weighted by atomic mass is 9.95. The summed E-state index contributed by atoms with van der Waals surface area (Å²) in [6, 6.07) is 0. The zero-order valence-electron chi connectivity index (χ0n) is 12.5. The Morgan fingerprint density at radius 3 is 1.68 bits per heavy atom. The third kappa shape index (κ3) is 3.16. The van der Waals surface area contributed by atoms with Crippen molar-refractivity contribution >= 4 is 10.0 Å². The van der Waals surface area contributed by atoms with Crippen LogP contribution in [0.3, 0.4) is 0 Å². The van der Waals surface area contributed by atoms with Crippen LogP contribution in [0.5, 0.6) is 0 Å². The second kappa shape index (κ2) is 5.61. The summed E-state index contributed by atoms with van der Waals surface area (Å²) in [7, 11) is -3.59. The van der Waals surface area contributed by atoms with Gasteiger partial charge in [0.05, 0.1) is 11.0 Å². The minimum Gasteiger partial charge on any atom is -0.392 e. The Morgan fingerprint density at radius 2 is 1.32 bits per heavy atom. The van der Waals surface area contributed by atoms with E-state index in [4.69, 9.17) is 0 Å². The van der Waals surface area contributed by atoms with Crippen LogP contribution in [0.1, 0.15) is 34.7 Å². The van der Waals surface area contributed by atoms with Crippen molar-refractivity contribution in [2.75, 3.05) is 6.54 Å². The number of nitrogens with one attached hydrogen (secondary N) is 1. The molecule has 0 spiro atoms. The highest BCUT2D eigenvalue weighted by Gasteiger charge is 2.23. The molecule has 1 aromatic carbocycles. The van der Waals surface area contributed by atoms with Gasteiger partial charge in [-0.3, -0.25) is 0 Å². The van der Waals surface area contributed by atoms with Gasteiger partial charge in [0.1, 0.15) is 0 Å². The molecule has 0 aliphatic rings. The first-order valence-corrected chi connectivity index (χ1v) is 7.82. The number of sulfonamides is 1. The highest BCUT2D eigenvalue weighted by molar-refractivity contribution is 7.89. The van der Waals surface area contributed by atoms with Crippen molar-refractivity contribution in [2.45, 2.75) is 52.5 Å². The maximum absolute atomic E-state index is 12.4. The summed E-state index contributed by atoms with van der Waals surface area (Å²) in [5.74, 6) is 0. The Bertz CT molecular complexity index is 560. The largest absolute Gasteiger partial charge is 0.392 e. The standard InChI is InChI=1S/C14H23NO3S/c1-8(16)7-15-19(17,18)14-12(5)10(3)9(2)11(4)13(14)6/h8,15-16H,7H2,1-6H3/t8-/m1/s1. The molecule has 0 amide bonds. The minimum absolute atomic E-state index is 0.0210. The molecule has 0 saturated carbocycles. The monoisotopic (exact) mass is 285 g/mol. The fourth-order valence-electron chi connectivity index (χ4n) is 2.17. The van der Waals surface area contributed by atoms with Crippen LogP contribution in [0.15, 0.2) is 4.90 Å². The van der Waals surface area contributed by atoms with Gasteiger partial charge in [0.25, 0.3) is 0 Å². The van der Waals surface area contributed by atoms with E-state index in [1.807, 2.05) is 34.6 Å². The molecular weight excluding hydrogens is 262 g/mol. The smallest absolute Gasteiger partial charge is 0.241 e. The van der Waals surface area contributed by atoms with Crippen molar-refractivity contribution in [2.24, 2.45) is 0 Å². The molecule has 0 bridgehead atoms. The Morgan fingerprint density at radius 1 is 0.947 bits per heavy atom. The van der Waals surface area contributed by atoms with Crippen LogP contribution in [0.25, 0.3) is 0 Å². The van der Waals surface area contributed by atoms with Crippen LogP contribution >= 0.6 is 0 Å². The molecule has 4 nitrogen and oxygen atoms in total. The average Bonchev–Trinajstić information content (AvgIpc) is 2.31. The van der Waals surface area contributed by atoms with Gasteiger partial charge in [-0.05, 0) is 69.4 Å². The van der Waals surface area contributed by atoms with E-state index in [-0.39, 0.29) is 6.54 Å². The van der Waals surface area contributed by atoms with Crippen LogP contribution in [-0.2, 0) is 10.0 Å². The number of rotatable bonds is 4. The van der Waals surface area contributed by atoms with Gasteiger partial charge in [0, 0.05) is 6.54 Å². The van der Waals surface area contributed by atoms with Gasteiger partial charge in [-0.2, -0.15) is 0 Å². The van der Waals surface area contributed by atoms with Crippen molar-refractivity contribution in [3.63, 3.8) is 0 Å². The summed E-state index contributed by atoms with van der Waals surface area (Å²) in [5, 5.41) is 9.23. The minimum atomic E-state index is -3.59. The third-order valence-electron chi connectivity index (χ3n) is 3.77. The predicted octanol–water partition coefficient (Wildman–Crippen LogP) is 1.89. The lowest BCUT2D eigenvalue weighted by molar-refractivity contribution is 0.198. The number of benzene rings is 1. The van der Waals surface area contributed by atoms with E-state index in [2.05, 4.69) is 4.72 Å². The van der Waals surface area contributed by atoms with Gasteiger partial charge in [-0.25, -0.2) is 13.1 Å². The normalized spacial score (nSPS) is 13.6. The molecule has 1 rings (SSSR count). The zero-order chi connectivity index (χ0) is 15.0. The number of aliphatic hydroxyl groups excluding tert-OH is 1. The summed E-state index contributed by atoms with van der Waals surface area (Å²) in [6.07, 6.45) is -0.706. The summed E-state index contributed by atoms with van der Waals surface area (Å²) in [4.78, 5) is 0.341. The molecule has 0 aliphatic heterocycles. The summed E-state index contributed by atoms with van der Waals surface area (Å²) in [5.41, 5.74) is 4.68. The van der Waals surface area contributed by atoms with Crippen molar-refractivity contribution < 1.29 is 13.5 Å². The van der Waals surface area contributed by atoms with Crippen LogP contribution in [0.4, 0.5) is 0 Å². The first-order chi connectivity index (χ1) is 8.59. The highest BCUT2D eigenvalue weighted by Crippen LogP contribution is 2.29. The van der Waals surface area contributed by atoms with Crippen LogP contribution in [-0.4, -0.2) is 26.2 Å². The van der Waals surface area contributed by atoms with E-state index in [1.165, 1.54) is 0 Å². The van der Waals surface area contributed by atoms with Gasteiger partial charge < -0.3 is 5.11 Å². The fourth-order valence-corrected chi connectivity index (χ4v) is 3.89. The number of aliphatic hydroxyl groups is 1. The van der Waals surface area contributed by atoms with Gasteiger partial charge in [-0.15, -0.1) is 0 Å². The Balaban J connectivity index is 3.43. The van der Waals surface area contributed by atoms with Crippen molar-refractivity contribution in [3.8, 4) is 0 Å². The van der Waals surface area contributed by atoms with E-state index in [1.54, 1.807) is 6.92 Å². The summed E-state index contributed by atoms with van der Waals surface area (Å²) < 4.78 is 27.2. The molecule has 0 aliphatic carbocycles. The molecule has 2 N–H and O–H groups in total. The first-order valence-electron chi connectivity index (χ1n) is 6.34. The molecule has 0 aromatic heterocycles. The quantitative estimate of drug-likeness (QED) is 0.888. The lowest BCUT2D eigenvalue weighted by Crippen LogP contribution is -2.32. The molecule has 108 valence electrons. The molecule has 0 unspecified atom stereocenters. The maximum atomic E-state index is 12.4. The van der Waals surface area contributed by atoms with Gasteiger partial charge in [0.2, 0.25) is 10.0 Å². The second-order valence-electron chi connectivity index (χ2n) is 5.16. The molecule has 0 heterocycles. The molecule has 0 saturated heterocycles. The average molecular weight is 285 g/mol. The third-order valence-corrected chi connectivity index (χ3v) is 5.47. The van der Waals surface area contributed by atoms with E-state index in [0.29, 0.717) is 4.90 Å². The van der Waals surface area contributed by atoms with Crippen molar-refractivity contribution in [1.29, 1.82) is 0 Å².